The number of hydrogen-bond donors (Lipinski definition) is 1. The van der Waals surface area contributed by atoms with Gasteiger partial charge in [-0.25, -0.2) is 9.48 Å². The van der Waals surface area contributed by atoms with Gasteiger partial charge in [-0.1, -0.05) is 20.3 Å². The molecule has 0 saturated heterocycles. The topological polar surface area (TPSA) is 86.7 Å². The number of nitrogens with zero attached hydrogens (tertiary/aromatic N) is 5. The molecule has 1 N–H and O–H groups in total. The highest BCUT2D eigenvalue weighted by molar-refractivity contribution is 5.92. The first-order chi connectivity index (χ1) is 12.5. The van der Waals surface area contributed by atoms with Crippen molar-refractivity contribution in [2.45, 2.75) is 71.5 Å². The van der Waals surface area contributed by atoms with Crippen LogP contribution in [0.1, 0.15) is 61.5 Å². The fourth-order valence-electron chi connectivity index (χ4n) is 3.51. The summed E-state index contributed by atoms with van der Waals surface area (Å²) < 4.78 is 4.95. The molecule has 3 heterocycles. The van der Waals surface area contributed by atoms with E-state index in [1.54, 1.807) is 21.0 Å². The van der Waals surface area contributed by atoms with Crippen molar-refractivity contribution < 1.29 is 4.79 Å². The van der Waals surface area contributed by atoms with Crippen LogP contribution in [0.3, 0.4) is 0 Å². The molecule has 0 aliphatic carbocycles. The van der Waals surface area contributed by atoms with Gasteiger partial charge < -0.3 is 5.32 Å². The van der Waals surface area contributed by atoms with Crippen LogP contribution in [0.4, 0.5) is 0 Å². The molecule has 26 heavy (non-hydrogen) atoms. The van der Waals surface area contributed by atoms with E-state index in [-0.39, 0.29) is 17.6 Å². The number of hydrogen-bond acceptors (Lipinski definition) is 4. The zero-order valence-electron chi connectivity index (χ0n) is 15.9. The van der Waals surface area contributed by atoms with E-state index in [4.69, 9.17) is 0 Å². The van der Waals surface area contributed by atoms with Crippen molar-refractivity contribution in [1.29, 1.82) is 0 Å². The van der Waals surface area contributed by atoms with Crippen LogP contribution in [0.25, 0.3) is 0 Å². The number of fused-ring (bicyclic) bond motifs is 1. The van der Waals surface area contributed by atoms with E-state index in [1.165, 1.54) is 0 Å². The molecule has 1 aliphatic rings. The zero-order valence-corrected chi connectivity index (χ0v) is 15.9. The highest BCUT2D eigenvalue weighted by Gasteiger charge is 2.23. The summed E-state index contributed by atoms with van der Waals surface area (Å²) in [6.45, 7) is 5.37. The minimum Gasteiger partial charge on any atom is -0.348 e. The number of aryl methyl sites for hydroxylation is 4. The third-order valence-electron chi connectivity index (χ3n) is 4.86. The lowest BCUT2D eigenvalue weighted by Gasteiger charge is -2.15. The molecule has 1 amide bonds. The number of aromatic nitrogens is 5. The molecule has 0 bridgehead atoms. The van der Waals surface area contributed by atoms with Gasteiger partial charge >= 0.3 is 5.69 Å². The summed E-state index contributed by atoms with van der Waals surface area (Å²) in [7, 11) is 1.80. The second-order valence-corrected chi connectivity index (χ2v) is 6.97. The van der Waals surface area contributed by atoms with E-state index >= 15 is 0 Å². The van der Waals surface area contributed by atoms with Crippen LogP contribution >= 0.6 is 0 Å². The maximum Gasteiger partial charge on any atom is 0.345 e. The first kappa shape index (κ1) is 18.4. The molecule has 1 aliphatic heterocycles. The monoisotopic (exact) mass is 360 g/mol. The highest BCUT2D eigenvalue weighted by atomic mass is 16.2. The minimum atomic E-state index is -0.102. The number of rotatable bonds is 6. The van der Waals surface area contributed by atoms with E-state index in [1.807, 2.05) is 13.0 Å². The molecule has 1 atom stereocenters. The second-order valence-electron chi connectivity index (χ2n) is 6.97. The van der Waals surface area contributed by atoms with Crippen molar-refractivity contribution in [2.75, 3.05) is 0 Å². The standard InChI is InChI=1S/C18H28N6O2/c1-4-6-14-12-15(22(3)20-14)17(25)19-13-7-8-16-21-24(10-5-2)18(26)23(16)11-9-13/h12-13H,4-11H2,1-3H3,(H,19,25). The van der Waals surface area contributed by atoms with Gasteiger partial charge in [0.1, 0.15) is 11.5 Å². The van der Waals surface area contributed by atoms with Crippen molar-refractivity contribution in [2.24, 2.45) is 7.05 Å². The number of nitrogens with one attached hydrogen (secondary N) is 1. The molecule has 0 saturated carbocycles. The number of carbonyl (C=O) groups excluding carboxylic acids is 1. The van der Waals surface area contributed by atoms with E-state index in [0.717, 1.165) is 43.6 Å². The van der Waals surface area contributed by atoms with E-state index in [0.29, 0.717) is 25.2 Å². The Morgan fingerprint density at radius 2 is 2.08 bits per heavy atom. The lowest BCUT2D eigenvalue weighted by atomic mass is 10.1. The van der Waals surface area contributed by atoms with Crippen LogP contribution in [0.5, 0.6) is 0 Å². The Morgan fingerprint density at radius 3 is 2.81 bits per heavy atom. The summed E-state index contributed by atoms with van der Waals surface area (Å²) in [6, 6.07) is 1.90. The lowest BCUT2D eigenvalue weighted by Crippen LogP contribution is -2.36. The summed E-state index contributed by atoms with van der Waals surface area (Å²) in [6.07, 6.45) is 4.98. The maximum absolute atomic E-state index is 12.6. The smallest absolute Gasteiger partial charge is 0.345 e. The zero-order chi connectivity index (χ0) is 18.7. The Bertz CT molecular complexity index is 831. The van der Waals surface area contributed by atoms with E-state index in [2.05, 4.69) is 22.4 Å². The highest BCUT2D eigenvalue weighted by Crippen LogP contribution is 2.13. The van der Waals surface area contributed by atoms with Gasteiger partial charge in [-0.05, 0) is 31.7 Å². The second kappa shape index (κ2) is 7.88. The summed E-state index contributed by atoms with van der Waals surface area (Å²) in [5.41, 5.74) is 1.49. The molecule has 142 valence electrons. The molecule has 0 radical (unpaired) electrons. The molecule has 8 nitrogen and oxygen atoms in total. The largest absolute Gasteiger partial charge is 0.348 e. The van der Waals surface area contributed by atoms with Crippen molar-refractivity contribution in [3.63, 3.8) is 0 Å². The van der Waals surface area contributed by atoms with Gasteiger partial charge in [0.05, 0.1) is 5.69 Å². The average Bonchev–Trinajstić information content (AvgIpc) is 3.03. The Labute approximate surface area is 153 Å². The van der Waals surface area contributed by atoms with Gasteiger partial charge in [-0.3, -0.25) is 14.0 Å². The average molecular weight is 360 g/mol. The molecule has 0 spiro atoms. The fraction of sp³-hybridized carbons (Fsp3) is 0.667. The number of amides is 1. The van der Waals surface area contributed by atoms with Crippen molar-refractivity contribution in [1.82, 2.24) is 29.4 Å². The van der Waals surface area contributed by atoms with Crippen molar-refractivity contribution >= 4 is 5.91 Å². The van der Waals surface area contributed by atoms with Gasteiger partial charge in [-0.2, -0.15) is 10.2 Å². The van der Waals surface area contributed by atoms with Gasteiger partial charge in [0.2, 0.25) is 0 Å². The molecule has 2 aromatic rings. The summed E-state index contributed by atoms with van der Waals surface area (Å²) in [5.74, 6) is 0.723. The van der Waals surface area contributed by atoms with Gasteiger partial charge in [-0.15, -0.1) is 0 Å². The van der Waals surface area contributed by atoms with Crippen molar-refractivity contribution in [3.8, 4) is 0 Å². The fourth-order valence-corrected chi connectivity index (χ4v) is 3.51. The van der Waals surface area contributed by atoms with Gasteiger partial charge in [0.15, 0.2) is 0 Å². The summed E-state index contributed by atoms with van der Waals surface area (Å²) in [5, 5.41) is 11.9. The molecule has 8 heteroatoms. The normalized spacial score (nSPS) is 17.0. The van der Waals surface area contributed by atoms with E-state index in [9.17, 15) is 9.59 Å². The van der Waals surface area contributed by atoms with Crippen LogP contribution < -0.4 is 11.0 Å². The molecular weight excluding hydrogens is 332 g/mol. The van der Waals surface area contributed by atoms with Crippen LogP contribution in [0.15, 0.2) is 10.9 Å². The van der Waals surface area contributed by atoms with Crippen molar-refractivity contribution in [3.05, 3.63) is 33.8 Å². The van der Waals surface area contributed by atoms with E-state index < -0.39 is 0 Å². The molecule has 1 unspecified atom stereocenters. The Hall–Kier alpha value is -2.38. The third-order valence-corrected chi connectivity index (χ3v) is 4.86. The van der Waals surface area contributed by atoms with Crippen LogP contribution in [-0.2, 0) is 33.0 Å². The molecular formula is C18H28N6O2. The first-order valence-electron chi connectivity index (χ1n) is 9.53. The van der Waals surface area contributed by atoms with Gasteiger partial charge in [0, 0.05) is 32.6 Å². The molecule has 0 fully saturated rings. The Morgan fingerprint density at radius 1 is 1.27 bits per heavy atom. The maximum atomic E-state index is 12.6. The molecule has 0 aromatic carbocycles. The predicted octanol–water partition coefficient (Wildman–Crippen LogP) is 1.28. The lowest BCUT2D eigenvalue weighted by molar-refractivity contribution is 0.0923. The predicted molar refractivity (Wildman–Crippen MR) is 98.2 cm³/mol. The van der Waals surface area contributed by atoms with Crippen LogP contribution in [0, 0.1) is 0 Å². The minimum absolute atomic E-state index is 0.0350. The molecule has 3 rings (SSSR count). The Balaban J connectivity index is 1.65. The van der Waals surface area contributed by atoms with Crippen LogP contribution in [-0.4, -0.2) is 36.1 Å². The quantitative estimate of drug-likeness (QED) is 0.841. The summed E-state index contributed by atoms with van der Waals surface area (Å²) >= 11 is 0. The first-order valence-corrected chi connectivity index (χ1v) is 9.53. The summed E-state index contributed by atoms with van der Waals surface area (Å²) in [4.78, 5) is 25.0. The third kappa shape index (κ3) is 3.73. The number of carbonyl (C=O) groups is 1. The Kier molecular flexibility index (Phi) is 5.58. The van der Waals surface area contributed by atoms with Gasteiger partial charge in [0.25, 0.3) is 5.91 Å². The van der Waals surface area contributed by atoms with Crippen LogP contribution in [0.2, 0.25) is 0 Å². The molecule has 2 aromatic heterocycles. The SMILES string of the molecule is CCCc1cc(C(=O)NC2CCc3nn(CCC)c(=O)n3CC2)n(C)n1.